The maximum atomic E-state index is 10.7. The topological polar surface area (TPSA) is 67.0 Å². The van der Waals surface area contributed by atoms with Crippen molar-refractivity contribution in [1.29, 1.82) is 0 Å². The van der Waals surface area contributed by atoms with E-state index >= 15 is 0 Å². The van der Waals surface area contributed by atoms with Crippen molar-refractivity contribution < 1.29 is 9.53 Å². The van der Waals surface area contributed by atoms with Gasteiger partial charge in [0.25, 0.3) is 0 Å². The van der Waals surface area contributed by atoms with Crippen LogP contribution in [0.1, 0.15) is 17.5 Å². The number of cyclic esters (lactones) is 1. The number of amides is 1. The first-order chi connectivity index (χ1) is 5.77. The van der Waals surface area contributed by atoms with Crippen molar-refractivity contribution in [3.63, 3.8) is 0 Å². The Morgan fingerprint density at radius 1 is 1.75 bits per heavy atom. The normalized spacial score (nSPS) is 22.1. The summed E-state index contributed by atoms with van der Waals surface area (Å²) in [5, 5.41) is 2.57. The van der Waals surface area contributed by atoms with Gasteiger partial charge in [-0.3, -0.25) is 0 Å². The summed E-state index contributed by atoms with van der Waals surface area (Å²) in [4.78, 5) is 17.7. The minimum absolute atomic E-state index is 0.233. The van der Waals surface area contributed by atoms with Gasteiger partial charge in [-0.15, -0.1) is 0 Å². The van der Waals surface area contributed by atoms with E-state index < -0.39 is 0 Å². The monoisotopic (exact) mass is 167 g/mol. The summed E-state index contributed by atoms with van der Waals surface area (Å²) >= 11 is 0. The molecule has 2 rings (SSSR count). The van der Waals surface area contributed by atoms with Crippen LogP contribution in [0.15, 0.2) is 6.33 Å². The van der Waals surface area contributed by atoms with Crippen molar-refractivity contribution in [3.8, 4) is 0 Å². The molecule has 5 heteroatoms. The first-order valence-electron chi connectivity index (χ1n) is 3.71. The zero-order chi connectivity index (χ0) is 8.55. The van der Waals surface area contributed by atoms with E-state index in [2.05, 4.69) is 15.3 Å². The Kier molecular flexibility index (Phi) is 1.49. The first kappa shape index (κ1) is 7.15. The number of imidazole rings is 1. The quantitative estimate of drug-likeness (QED) is 0.640. The standard InChI is InChI=1S/C7H9N3O2/c1-4-6(10-3-9-4)5-2-8-7(11)12-5/h3,5H,2H2,1H3,(H,8,11)(H,9,10). The zero-order valence-corrected chi connectivity index (χ0v) is 6.63. The number of alkyl carbamates (subject to hydrolysis) is 1. The third-order valence-corrected chi connectivity index (χ3v) is 1.85. The number of carbonyl (C=O) groups excluding carboxylic acids is 1. The van der Waals surface area contributed by atoms with Crippen molar-refractivity contribution >= 4 is 6.09 Å². The summed E-state index contributed by atoms with van der Waals surface area (Å²) in [5.74, 6) is 0. The van der Waals surface area contributed by atoms with Gasteiger partial charge in [0.15, 0.2) is 6.10 Å². The maximum Gasteiger partial charge on any atom is 0.408 e. The second-order valence-corrected chi connectivity index (χ2v) is 2.69. The number of ether oxygens (including phenoxy) is 1. The zero-order valence-electron chi connectivity index (χ0n) is 6.63. The Balaban J connectivity index is 2.21. The van der Waals surface area contributed by atoms with Crippen LogP contribution in [0.5, 0.6) is 0 Å². The van der Waals surface area contributed by atoms with E-state index in [1.165, 1.54) is 0 Å². The molecular weight excluding hydrogens is 158 g/mol. The Bertz CT molecular complexity index is 307. The summed E-state index contributed by atoms with van der Waals surface area (Å²) in [6.45, 7) is 2.40. The van der Waals surface area contributed by atoms with E-state index in [1.54, 1.807) is 6.33 Å². The van der Waals surface area contributed by atoms with Gasteiger partial charge in [0.1, 0.15) is 5.69 Å². The molecule has 64 valence electrons. The lowest BCUT2D eigenvalue weighted by molar-refractivity contribution is 0.139. The second kappa shape index (κ2) is 2.51. The van der Waals surface area contributed by atoms with E-state index in [0.717, 1.165) is 11.4 Å². The van der Waals surface area contributed by atoms with Crippen LogP contribution in [0.25, 0.3) is 0 Å². The fraction of sp³-hybridized carbons (Fsp3) is 0.429. The fourth-order valence-electron chi connectivity index (χ4n) is 1.24. The largest absolute Gasteiger partial charge is 0.438 e. The van der Waals surface area contributed by atoms with Gasteiger partial charge in [-0.2, -0.15) is 0 Å². The molecule has 0 aliphatic carbocycles. The molecule has 0 spiro atoms. The summed E-state index contributed by atoms with van der Waals surface area (Å²) in [7, 11) is 0. The number of nitrogens with one attached hydrogen (secondary N) is 2. The van der Waals surface area contributed by atoms with Crippen LogP contribution in [-0.4, -0.2) is 22.6 Å². The lowest BCUT2D eigenvalue weighted by Crippen LogP contribution is -2.12. The molecule has 1 fully saturated rings. The highest BCUT2D eigenvalue weighted by atomic mass is 16.6. The smallest absolute Gasteiger partial charge is 0.408 e. The molecule has 1 aliphatic heterocycles. The van der Waals surface area contributed by atoms with Gasteiger partial charge in [0.05, 0.1) is 12.9 Å². The van der Waals surface area contributed by atoms with E-state index in [4.69, 9.17) is 4.74 Å². The molecule has 1 aliphatic rings. The van der Waals surface area contributed by atoms with Gasteiger partial charge in [-0.25, -0.2) is 9.78 Å². The maximum absolute atomic E-state index is 10.7. The number of rotatable bonds is 1. The summed E-state index contributed by atoms with van der Waals surface area (Å²) in [5.41, 5.74) is 1.74. The molecule has 1 amide bonds. The van der Waals surface area contributed by atoms with Crippen LogP contribution in [0.3, 0.4) is 0 Å². The van der Waals surface area contributed by atoms with E-state index in [1.807, 2.05) is 6.92 Å². The lowest BCUT2D eigenvalue weighted by Gasteiger charge is -2.03. The van der Waals surface area contributed by atoms with E-state index in [0.29, 0.717) is 6.54 Å². The summed E-state index contributed by atoms with van der Waals surface area (Å²) in [6, 6.07) is 0. The van der Waals surface area contributed by atoms with Crippen LogP contribution in [0.4, 0.5) is 4.79 Å². The third kappa shape index (κ3) is 1.03. The molecule has 2 heterocycles. The number of hydrogen-bond donors (Lipinski definition) is 2. The highest BCUT2D eigenvalue weighted by molar-refractivity contribution is 5.69. The molecule has 0 aromatic carbocycles. The lowest BCUT2D eigenvalue weighted by atomic mass is 10.2. The molecule has 5 nitrogen and oxygen atoms in total. The Labute approximate surface area is 69.1 Å². The molecule has 1 atom stereocenters. The minimum Gasteiger partial charge on any atom is -0.438 e. The fourth-order valence-corrected chi connectivity index (χ4v) is 1.24. The van der Waals surface area contributed by atoms with Crippen molar-refractivity contribution in [2.24, 2.45) is 0 Å². The molecule has 1 aromatic rings. The molecule has 0 radical (unpaired) electrons. The Morgan fingerprint density at radius 3 is 3.08 bits per heavy atom. The van der Waals surface area contributed by atoms with Gasteiger partial charge in [0.2, 0.25) is 0 Å². The number of aromatic nitrogens is 2. The van der Waals surface area contributed by atoms with E-state index in [9.17, 15) is 4.79 Å². The molecule has 1 saturated heterocycles. The molecule has 12 heavy (non-hydrogen) atoms. The van der Waals surface area contributed by atoms with Crippen molar-refractivity contribution in [2.75, 3.05) is 6.54 Å². The highest BCUT2D eigenvalue weighted by Gasteiger charge is 2.26. The number of H-pyrrole nitrogens is 1. The van der Waals surface area contributed by atoms with Crippen molar-refractivity contribution in [2.45, 2.75) is 13.0 Å². The second-order valence-electron chi connectivity index (χ2n) is 2.69. The average molecular weight is 167 g/mol. The average Bonchev–Trinajstić information content (AvgIpc) is 2.58. The van der Waals surface area contributed by atoms with Gasteiger partial charge in [-0.05, 0) is 6.92 Å². The number of aryl methyl sites for hydroxylation is 1. The third-order valence-electron chi connectivity index (χ3n) is 1.85. The van der Waals surface area contributed by atoms with Gasteiger partial charge in [-0.1, -0.05) is 0 Å². The number of aromatic amines is 1. The van der Waals surface area contributed by atoms with Gasteiger partial charge < -0.3 is 15.0 Å². The number of carbonyl (C=O) groups is 1. The predicted octanol–water partition coefficient (Wildman–Crippen LogP) is 0.499. The first-order valence-corrected chi connectivity index (χ1v) is 3.71. The van der Waals surface area contributed by atoms with Crippen molar-refractivity contribution in [3.05, 3.63) is 17.7 Å². The molecule has 0 bridgehead atoms. The van der Waals surface area contributed by atoms with Crippen LogP contribution in [0, 0.1) is 6.92 Å². The minimum atomic E-state index is -0.373. The summed E-state index contributed by atoms with van der Waals surface area (Å²) < 4.78 is 4.95. The van der Waals surface area contributed by atoms with E-state index in [-0.39, 0.29) is 12.2 Å². The SMILES string of the molecule is Cc1[nH]cnc1C1CNC(=O)O1. The number of nitrogens with zero attached hydrogens (tertiary/aromatic N) is 1. The summed E-state index contributed by atoms with van der Waals surface area (Å²) in [6.07, 6.45) is 0.989. The molecule has 0 saturated carbocycles. The van der Waals surface area contributed by atoms with Gasteiger partial charge >= 0.3 is 6.09 Å². The van der Waals surface area contributed by atoms with Crippen LogP contribution >= 0.6 is 0 Å². The van der Waals surface area contributed by atoms with Gasteiger partial charge in [0, 0.05) is 5.69 Å². The Hall–Kier alpha value is -1.52. The van der Waals surface area contributed by atoms with Crippen LogP contribution in [0.2, 0.25) is 0 Å². The van der Waals surface area contributed by atoms with Crippen molar-refractivity contribution in [1.82, 2.24) is 15.3 Å². The molecule has 1 aromatic heterocycles. The number of hydrogen-bond acceptors (Lipinski definition) is 3. The Morgan fingerprint density at radius 2 is 2.58 bits per heavy atom. The molecule has 1 unspecified atom stereocenters. The highest BCUT2D eigenvalue weighted by Crippen LogP contribution is 2.20. The van der Waals surface area contributed by atoms with Crippen LogP contribution < -0.4 is 5.32 Å². The molecular formula is C7H9N3O2. The van der Waals surface area contributed by atoms with Crippen LogP contribution in [-0.2, 0) is 4.74 Å². The predicted molar refractivity (Wildman–Crippen MR) is 40.5 cm³/mol. The molecule has 2 N–H and O–H groups in total.